The summed E-state index contributed by atoms with van der Waals surface area (Å²) in [5, 5.41) is 10.7. The van der Waals surface area contributed by atoms with E-state index < -0.39 is 17.5 Å². The molecule has 0 aromatic heterocycles. The van der Waals surface area contributed by atoms with Crippen LogP contribution in [0.5, 0.6) is 0 Å². The molecule has 0 aliphatic carbocycles. The van der Waals surface area contributed by atoms with Gasteiger partial charge in [-0.15, -0.1) is 0 Å². The molecule has 12 heavy (non-hydrogen) atoms. The SMILES string of the molecule is C=CCOC(=O)C(=NO)C(C)=O. The third-order valence-electron chi connectivity index (χ3n) is 0.959. The molecule has 66 valence electrons. The van der Waals surface area contributed by atoms with Crippen molar-refractivity contribution >= 4 is 17.5 Å². The molecular formula is C7H9NO4. The van der Waals surface area contributed by atoms with Crippen LogP contribution in [0.4, 0.5) is 0 Å². The lowest BCUT2D eigenvalue weighted by Gasteiger charge is -1.99. The van der Waals surface area contributed by atoms with Crippen LogP contribution in [0.25, 0.3) is 0 Å². The van der Waals surface area contributed by atoms with Crippen LogP contribution in [-0.4, -0.2) is 29.3 Å². The van der Waals surface area contributed by atoms with E-state index in [0.717, 1.165) is 6.92 Å². The van der Waals surface area contributed by atoms with E-state index in [4.69, 9.17) is 5.21 Å². The average molecular weight is 171 g/mol. The van der Waals surface area contributed by atoms with Gasteiger partial charge >= 0.3 is 5.97 Å². The van der Waals surface area contributed by atoms with Crippen molar-refractivity contribution < 1.29 is 19.5 Å². The molecule has 0 saturated carbocycles. The lowest BCUT2D eigenvalue weighted by atomic mass is 10.3. The summed E-state index contributed by atoms with van der Waals surface area (Å²) in [6, 6.07) is 0. The number of nitrogens with zero attached hydrogens (tertiary/aromatic N) is 1. The minimum Gasteiger partial charge on any atom is -0.457 e. The number of hydrogen-bond acceptors (Lipinski definition) is 5. The molecule has 0 heterocycles. The highest BCUT2D eigenvalue weighted by Crippen LogP contribution is 1.86. The summed E-state index contributed by atoms with van der Waals surface area (Å²) < 4.78 is 4.44. The molecule has 5 heteroatoms. The van der Waals surface area contributed by atoms with E-state index in [-0.39, 0.29) is 6.61 Å². The second-order valence-electron chi connectivity index (χ2n) is 1.89. The molecule has 0 amide bonds. The summed E-state index contributed by atoms with van der Waals surface area (Å²) in [6.07, 6.45) is 1.34. The van der Waals surface area contributed by atoms with Gasteiger partial charge in [0.1, 0.15) is 6.61 Å². The van der Waals surface area contributed by atoms with Crippen molar-refractivity contribution in [1.82, 2.24) is 0 Å². The maximum atomic E-state index is 10.8. The molecule has 0 atom stereocenters. The summed E-state index contributed by atoms with van der Waals surface area (Å²) in [5.74, 6) is -1.60. The van der Waals surface area contributed by atoms with Gasteiger partial charge in [0.25, 0.3) is 0 Å². The van der Waals surface area contributed by atoms with Gasteiger partial charge in [-0.2, -0.15) is 0 Å². The number of ketones is 1. The van der Waals surface area contributed by atoms with Crippen molar-refractivity contribution in [1.29, 1.82) is 0 Å². The summed E-state index contributed by atoms with van der Waals surface area (Å²) >= 11 is 0. The maximum Gasteiger partial charge on any atom is 0.364 e. The van der Waals surface area contributed by atoms with Gasteiger partial charge in [0, 0.05) is 6.92 Å². The van der Waals surface area contributed by atoms with E-state index in [1.807, 2.05) is 0 Å². The first kappa shape index (κ1) is 10.3. The number of rotatable bonds is 4. The predicted molar refractivity (Wildman–Crippen MR) is 41.1 cm³/mol. The van der Waals surface area contributed by atoms with E-state index >= 15 is 0 Å². The molecule has 0 radical (unpaired) electrons. The Bertz CT molecular complexity index is 232. The van der Waals surface area contributed by atoms with Crippen molar-refractivity contribution in [2.75, 3.05) is 6.61 Å². The molecule has 0 unspecified atom stereocenters. The molecule has 0 aliphatic rings. The van der Waals surface area contributed by atoms with Crippen LogP contribution in [0.15, 0.2) is 17.8 Å². The Morgan fingerprint density at radius 1 is 1.67 bits per heavy atom. The Hall–Kier alpha value is -1.65. The summed E-state index contributed by atoms with van der Waals surface area (Å²) in [4.78, 5) is 21.4. The Kier molecular flexibility index (Phi) is 4.36. The number of Topliss-reactive ketones (excluding diaryl/α,β-unsaturated/α-hetero) is 1. The van der Waals surface area contributed by atoms with Crippen LogP contribution >= 0.6 is 0 Å². The van der Waals surface area contributed by atoms with Gasteiger partial charge in [-0.25, -0.2) is 4.79 Å². The lowest BCUT2D eigenvalue weighted by molar-refractivity contribution is -0.135. The fourth-order valence-electron chi connectivity index (χ4n) is 0.458. The normalized spacial score (nSPS) is 10.6. The van der Waals surface area contributed by atoms with E-state index in [1.54, 1.807) is 0 Å². The Morgan fingerprint density at radius 2 is 2.25 bits per heavy atom. The highest BCUT2D eigenvalue weighted by molar-refractivity contribution is 6.63. The number of carbonyl (C=O) groups excluding carboxylic acids is 2. The summed E-state index contributed by atoms with van der Waals surface area (Å²) in [7, 11) is 0. The van der Waals surface area contributed by atoms with Crippen molar-refractivity contribution in [2.24, 2.45) is 5.16 Å². The average Bonchev–Trinajstić information content (AvgIpc) is 2.01. The number of carbonyl (C=O) groups is 2. The molecule has 0 aromatic carbocycles. The van der Waals surface area contributed by atoms with Crippen molar-refractivity contribution in [2.45, 2.75) is 6.92 Å². The van der Waals surface area contributed by atoms with Crippen LogP contribution in [0, 0.1) is 0 Å². The Labute approximate surface area is 69.3 Å². The molecule has 0 aromatic rings. The molecule has 5 nitrogen and oxygen atoms in total. The van der Waals surface area contributed by atoms with E-state index in [0.29, 0.717) is 0 Å². The first-order chi connectivity index (χ1) is 5.63. The number of oxime groups is 1. The standard InChI is InChI=1S/C7H9NO4/c1-3-4-12-7(10)6(8-11)5(2)9/h3,11H,1,4H2,2H3. The van der Waals surface area contributed by atoms with Gasteiger partial charge in [0.2, 0.25) is 5.71 Å². The van der Waals surface area contributed by atoms with Gasteiger partial charge in [0.15, 0.2) is 5.78 Å². The fraction of sp³-hybridized carbons (Fsp3) is 0.286. The third-order valence-corrected chi connectivity index (χ3v) is 0.959. The van der Waals surface area contributed by atoms with E-state index in [1.165, 1.54) is 6.08 Å². The molecular weight excluding hydrogens is 162 g/mol. The highest BCUT2D eigenvalue weighted by atomic mass is 16.5. The van der Waals surface area contributed by atoms with Crippen molar-refractivity contribution in [3.8, 4) is 0 Å². The molecule has 0 bridgehead atoms. The van der Waals surface area contributed by atoms with Crippen LogP contribution < -0.4 is 0 Å². The second-order valence-corrected chi connectivity index (χ2v) is 1.89. The summed E-state index contributed by atoms with van der Waals surface area (Å²) in [6.45, 7) is 4.38. The topological polar surface area (TPSA) is 76.0 Å². The van der Waals surface area contributed by atoms with Crippen molar-refractivity contribution in [3.05, 3.63) is 12.7 Å². The zero-order valence-electron chi connectivity index (χ0n) is 6.61. The first-order valence-electron chi connectivity index (χ1n) is 3.14. The van der Waals surface area contributed by atoms with Crippen molar-refractivity contribution in [3.63, 3.8) is 0 Å². The fourth-order valence-corrected chi connectivity index (χ4v) is 0.458. The van der Waals surface area contributed by atoms with Gasteiger partial charge in [-0.1, -0.05) is 17.8 Å². The largest absolute Gasteiger partial charge is 0.457 e. The zero-order chi connectivity index (χ0) is 9.56. The van der Waals surface area contributed by atoms with Crippen LogP contribution in [-0.2, 0) is 14.3 Å². The number of ether oxygens (including phenoxy) is 1. The van der Waals surface area contributed by atoms with Crippen LogP contribution in [0.1, 0.15) is 6.92 Å². The monoisotopic (exact) mass is 171 g/mol. The van der Waals surface area contributed by atoms with Gasteiger partial charge < -0.3 is 9.94 Å². The van der Waals surface area contributed by atoms with Gasteiger partial charge in [-0.05, 0) is 0 Å². The molecule has 0 saturated heterocycles. The Morgan fingerprint density at radius 3 is 2.58 bits per heavy atom. The van der Waals surface area contributed by atoms with E-state index in [9.17, 15) is 9.59 Å². The highest BCUT2D eigenvalue weighted by Gasteiger charge is 2.17. The molecule has 0 spiro atoms. The lowest BCUT2D eigenvalue weighted by Crippen LogP contribution is -2.24. The molecule has 1 N–H and O–H groups in total. The predicted octanol–water partition coefficient (Wildman–Crippen LogP) is 0.135. The molecule has 0 fully saturated rings. The Balaban J connectivity index is 4.24. The molecule has 0 aliphatic heterocycles. The third kappa shape index (κ3) is 2.96. The zero-order valence-corrected chi connectivity index (χ0v) is 6.61. The number of esters is 1. The maximum absolute atomic E-state index is 10.8. The second kappa shape index (κ2) is 5.06. The summed E-state index contributed by atoms with van der Waals surface area (Å²) in [5.41, 5.74) is -0.614. The van der Waals surface area contributed by atoms with Gasteiger partial charge in [-0.3, -0.25) is 4.79 Å². The van der Waals surface area contributed by atoms with Gasteiger partial charge in [0.05, 0.1) is 0 Å². The van der Waals surface area contributed by atoms with Crippen LogP contribution in [0.2, 0.25) is 0 Å². The minimum absolute atomic E-state index is 0.0227. The smallest absolute Gasteiger partial charge is 0.364 e. The minimum atomic E-state index is -0.954. The quantitative estimate of drug-likeness (QED) is 0.163. The van der Waals surface area contributed by atoms with E-state index in [2.05, 4.69) is 16.5 Å². The number of hydrogen-bond donors (Lipinski definition) is 1. The molecule has 0 rings (SSSR count). The first-order valence-corrected chi connectivity index (χ1v) is 3.14. The van der Waals surface area contributed by atoms with Crippen LogP contribution in [0.3, 0.4) is 0 Å².